The number of sulfone groups is 1. The van der Waals surface area contributed by atoms with E-state index in [9.17, 15) is 18.0 Å². The molecule has 1 aliphatic heterocycles. The summed E-state index contributed by atoms with van der Waals surface area (Å²) < 4.78 is 22.9. The van der Waals surface area contributed by atoms with E-state index >= 15 is 0 Å². The molecule has 9 heteroatoms. The summed E-state index contributed by atoms with van der Waals surface area (Å²) in [5.74, 6) is -0.609. The van der Waals surface area contributed by atoms with E-state index in [1.54, 1.807) is 25.1 Å². The van der Waals surface area contributed by atoms with Crippen LogP contribution in [0.1, 0.15) is 18.9 Å². The largest absolute Gasteiger partial charge is 0.351 e. The van der Waals surface area contributed by atoms with Gasteiger partial charge in [-0.25, -0.2) is 8.42 Å². The molecule has 0 unspecified atom stereocenters. The second-order valence-corrected chi connectivity index (χ2v) is 9.00. The lowest BCUT2D eigenvalue weighted by Crippen LogP contribution is -2.45. The molecule has 0 aliphatic carbocycles. The summed E-state index contributed by atoms with van der Waals surface area (Å²) in [6, 6.07) is 4.61. The summed E-state index contributed by atoms with van der Waals surface area (Å²) in [5, 5.41) is 3.48. The van der Waals surface area contributed by atoms with Crippen molar-refractivity contribution in [2.24, 2.45) is 0 Å². The maximum Gasteiger partial charge on any atom is 0.239 e. The normalized spacial score (nSPS) is 18.8. The van der Waals surface area contributed by atoms with Crippen molar-refractivity contribution in [2.75, 3.05) is 24.6 Å². The first-order valence-electron chi connectivity index (χ1n) is 7.92. The minimum atomic E-state index is -3.07. The Kier molecular flexibility index (Phi) is 6.71. The van der Waals surface area contributed by atoms with Gasteiger partial charge in [-0.2, -0.15) is 0 Å². The Morgan fingerprint density at radius 1 is 1.28 bits per heavy atom. The van der Waals surface area contributed by atoms with Gasteiger partial charge in [0.25, 0.3) is 0 Å². The minimum Gasteiger partial charge on any atom is -0.351 e. The van der Waals surface area contributed by atoms with Gasteiger partial charge in [0, 0.05) is 22.6 Å². The van der Waals surface area contributed by atoms with Gasteiger partial charge in [0.15, 0.2) is 9.84 Å². The molecule has 1 aromatic rings. The smallest absolute Gasteiger partial charge is 0.239 e. The van der Waals surface area contributed by atoms with Crippen LogP contribution in [0.15, 0.2) is 18.2 Å². The van der Waals surface area contributed by atoms with Crippen molar-refractivity contribution in [3.63, 3.8) is 0 Å². The SMILES string of the molecule is CCN(CC(=O)N[C@@H]1CCS(=O)(=O)C1)C(=O)Cc1c(Cl)cccc1Cl. The molecule has 1 fully saturated rings. The van der Waals surface area contributed by atoms with Gasteiger partial charge < -0.3 is 10.2 Å². The Labute approximate surface area is 157 Å². The van der Waals surface area contributed by atoms with Crippen molar-refractivity contribution in [2.45, 2.75) is 25.8 Å². The maximum atomic E-state index is 12.5. The van der Waals surface area contributed by atoms with E-state index in [-0.39, 0.29) is 42.3 Å². The van der Waals surface area contributed by atoms with Crippen molar-refractivity contribution in [1.82, 2.24) is 10.2 Å². The molecule has 0 saturated carbocycles. The highest BCUT2D eigenvalue weighted by atomic mass is 35.5. The molecule has 138 valence electrons. The lowest BCUT2D eigenvalue weighted by molar-refractivity contribution is -0.135. The minimum absolute atomic E-state index is 0.00255. The first-order chi connectivity index (χ1) is 11.7. The molecule has 1 aromatic carbocycles. The quantitative estimate of drug-likeness (QED) is 0.778. The number of benzene rings is 1. The standard InChI is InChI=1S/C16H20Cl2N2O4S/c1-2-20(9-15(21)19-11-6-7-25(23,24)10-11)16(22)8-12-13(17)4-3-5-14(12)18/h3-5,11H,2,6-10H2,1H3,(H,19,21)/t11-/m1/s1. The number of likely N-dealkylation sites (N-methyl/N-ethyl adjacent to an activating group) is 1. The van der Waals surface area contributed by atoms with Crippen LogP contribution in [-0.2, 0) is 25.8 Å². The lowest BCUT2D eigenvalue weighted by Gasteiger charge is -2.22. The average Bonchev–Trinajstić information content (AvgIpc) is 2.87. The molecule has 0 aromatic heterocycles. The van der Waals surface area contributed by atoms with E-state index in [0.717, 1.165) is 0 Å². The van der Waals surface area contributed by atoms with E-state index in [2.05, 4.69) is 5.32 Å². The fourth-order valence-electron chi connectivity index (χ4n) is 2.70. The van der Waals surface area contributed by atoms with Gasteiger partial charge in [0.1, 0.15) is 0 Å². The highest BCUT2D eigenvalue weighted by Gasteiger charge is 2.29. The third-order valence-electron chi connectivity index (χ3n) is 4.06. The Balaban J connectivity index is 1.95. The monoisotopic (exact) mass is 406 g/mol. The molecule has 25 heavy (non-hydrogen) atoms. The molecule has 0 spiro atoms. The van der Waals surface area contributed by atoms with Crippen LogP contribution in [0, 0.1) is 0 Å². The Morgan fingerprint density at radius 3 is 2.44 bits per heavy atom. The van der Waals surface area contributed by atoms with Crippen molar-refractivity contribution in [3.05, 3.63) is 33.8 Å². The van der Waals surface area contributed by atoms with Crippen LogP contribution in [0.2, 0.25) is 10.0 Å². The zero-order valence-electron chi connectivity index (χ0n) is 13.8. The van der Waals surface area contributed by atoms with Crippen LogP contribution in [0.25, 0.3) is 0 Å². The van der Waals surface area contributed by atoms with Crippen LogP contribution in [0.4, 0.5) is 0 Å². The van der Waals surface area contributed by atoms with E-state index in [4.69, 9.17) is 23.2 Å². The Morgan fingerprint density at radius 2 is 1.92 bits per heavy atom. The van der Waals surface area contributed by atoms with E-state index < -0.39 is 9.84 Å². The van der Waals surface area contributed by atoms with Gasteiger partial charge in [0.2, 0.25) is 11.8 Å². The van der Waals surface area contributed by atoms with Gasteiger partial charge in [-0.3, -0.25) is 9.59 Å². The summed E-state index contributed by atoms with van der Waals surface area (Å²) >= 11 is 12.2. The summed E-state index contributed by atoms with van der Waals surface area (Å²) in [5.41, 5.74) is 0.525. The average molecular weight is 407 g/mol. The van der Waals surface area contributed by atoms with E-state index in [1.807, 2.05) is 0 Å². The lowest BCUT2D eigenvalue weighted by atomic mass is 10.1. The summed E-state index contributed by atoms with van der Waals surface area (Å²) in [6.07, 6.45) is 0.404. The number of nitrogens with one attached hydrogen (secondary N) is 1. The Bertz CT molecular complexity index is 747. The van der Waals surface area contributed by atoms with Gasteiger partial charge in [0.05, 0.1) is 24.5 Å². The molecule has 2 rings (SSSR count). The maximum absolute atomic E-state index is 12.5. The molecule has 0 radical (unpaired) electrons. The third kappa shape index (κ3) is 5.59. The van der Waals surface area contributed by atoms with Gasteiger partial charge in [-0.05, 0) is 31.0 Å². The molecule has 1 saturated heterocycles. The van der Waals surface area contributed by atoms with Crippen molar-refractivity contribution in [3.8, 4) is 0 Å². The van der Waals surface area contributed by atoms with Gasteiger partial charge in [-0.1, -0.05) is 29.3 Å². The van der Waals surface area contributed by atoms with E-state index in [0.29, 0.717) is 28.6 Å². The van der Waals surface area contributed by atoms with Crippen molar-refractivity contribution >= 4 is 44.9 Å². The first kappa shape index (κ1) is 20.0. The highest BCUT2D eigenvalue weighted by Crippen LogP contribution is 2.25. The third-order valence-corrected chi connectivity index (χ3v) is 6.53. The molecular formula is C16H20Cl2N2O4S. The number of carbonyl (C=O) groups excluding carboxylic acids is 2. The van der Waals surface area contributed by atoms with Crippen LogP contribution in [0.3, 0.4) is 0 Å². The second-order valence-electron chi connectivity index (χ2n) is 5.95. The number of hydrogen-bond acceptors (Lipinski definition) is 4. The van der Waals surface area contributed by atoms with Crippen molar-refractivity contribution in [1.29, 1.82) is 0 Å². The molecule has 1 heterocycles. The van der Waals surface area contributed by atoms with Crippen LogP contribution < -0.4 is 5.32 Å². The number of carbonyl (C=O) groups is 2. The van der Waals surface area contributed by atoms with Gasteiger partial charge in [-0.15, -0.1) is 0 Å². The number of amides is 2. The van der Waals surface area contributed by atoms with E-state index in [1.165, 1.54) is 4.90 Å². The molecule has 1 N–H and O–H groups in total. The zero-order valence-corrected chi connectivity index (χ0v) is 16.1. The predicted molar refractivity (Wildman–Crippen MR) is 97.6 cm³/mol. The number of halogens is 2. The number of nitrogens with zero attached hydrogens (tertiary/aromatic N) is 1. The first-order valence-corrected chi connectivity index (χ1v) is 10.5. The Hall–Kier alpha value is -1.31. The second kappa shape index (κ2) is 8.38. The number of hydrogen-bond donors (Lipinski definition) is 1. The van der Waals surface area contributed by atoms with Crippen LogP contribution in [0.5, 0.6) is 0 Å². The fraction of sp³-hybridized carbons (Fsp3) is 0.500. The number of rotatable bonds is 6. The summed E-state index contributed by atoms with van der Waals surface area (Å²) in [4.78, 5) is 26.0. The topological polar surface area (TPSA) is 83.6 Å². The summed E-state index contributed by atoms with van der Waals surface area (Å²) in [7, 11) is -3.07. The van der Waals surface area contributed by atoms with Crippen LogP contribution in [-0.4, -0.2) is 55.8 Å². The molecule has 0 bridgehead atoms. The van der Waals surface area contributed by atoms with Crippen LogP contribution >= 0.6 is 23.2 Å². The highest BCUT2D eigenvalue weighted by molar-refractivity contribution is 7.91. The molecule has 2 amide bonds. The zero-order chi connectivity index (χ0) is 18.6. The predicted octanol–water partition coefficient (Wildman–Crippen LogP) is 1.69. The van der Waals surface area contributed by atoms with Crippen molar-refractivity contribution < 1.29 is 18.0 Å². The van der Waals surface area contributed by atoms with Gasteiger partial charge >= 0.3 is 0 Å². The molecule has 6 nitrogen and oxygen atoms in total. The fourth-order valence-corrected chi connectivity index (χ4v) is 4.90. The molecular weight excluding hydrogens is 387 g/mol. The molecule has 1 aliphatic rings. The summed E-state index contributed by atoms with van der Waals surface area (Å²) in [6.45, 7) is 1.98. The molecule has 1 atom stereocenters.